The maximum absolute atomic E-state index is 12.4. The molecule has 0 spiro atoms. The molecule has 0 saturated carbocycles. The summed E-state index contributed by atoms with van der Waals surface area (Å²) in [6.45, 7) is 0. The van der Waals surface area contributed by atoms with Gasteiger partial charge < -0.3 is 19.6 Å². The summed E-state index contributed by atoms with van der Waals surface area (Å²) in [6.07, 6.45) is -0.211. The van der Waals surface area contributed by atoms with Gasteiger partial charge in [-0.3, -0.25) is 4.79 Å². The highest BCUT2D eigenvalue weighted by atomic mass is 16.6. The average Bonchev–Trinajstić information content (AvgIpc) is 3.12. The standard InChI is InChI=1S/C18H18N2O4/c1-22-15-9-8-13(10-16(15)23-2)19-18(21)17-11-14(20-24-17)12-6-4-3-5-7-12/h3-10,17H,11H2,1-2H3,(H,19,21)/t17-/m1/s1. The van der Waals surface area contributed by atoms with Crippen molar-refractivity contribution in [3.63, 3.8) is 0 Å². The van der Waals surface area contributed by atoms with Gasteiger partial charge in [-0.1, -0.05) is 35.5 Å². The van der Waals surface area contributed by atoms with Crippen LogP contribution in [-0.2, 0) is 9.63 Å². The molecule has 2 aromatic carbocycles. The number of carbonyl (C=O) groups excluding carboxylic acids is 1. The predicted octanol–water partition coefficient (Wildman–Crippen LogP) is 2.84. The molecule has 0 saturated heterocycles. The van der Waals surface area contributed by atoms with Crippen molar-refractivity contribution in [3.05, 3.63) is 54.1 Å². The fraction of sp³-hybridized carbons (Fsp3) is 0.222. The number of rotatable bonds is 5. The molecule has 124 valence electrons. The molecular weight excluding hydrogens is 308 g/mol. The number of hydrogen-bond acceptors (Lipinski definition) is 5. The number of oxime groups is 1. The molecule has 0 aliphatic carbocycles. The molecule has 3 rings (SSSR count). The topological polar surface area (TPSA) is 69.2 Å². The van der Waals surface area contributed by atoms with E-state index in [9.17, 15) is 4.79 Å². The molecule has 0 radical (unpaired) electrons. The van der Waals surface area contributed by atoms with E-state index in [1.165, 1.54) is 0 Å². The van der Waals surface area contributed by atoms with Crippen LogP contribution >= 0.6 is 0 Å². The van der Waals surface area contributed by atoms with Gasteiger partial charge in [0.25, 0.3) is 5.91 Å². The number of ether oxygens (including phenoxy) is 2. The van der Waals surface area contributed by atoms with Crippen molar-refractivity contribution in [3.8, 4) is 11.5 Å². The van der Waals surface area contributed by atoms with E-state index in [0.29, 0.717) is 23.6 Å². The third-order valence-electron chi connectivity index (χ3n) is 3.72. The van der Waals surface area contributed by atoms with Gasteiger partial charge in [-0.15, -0.1) is 0 Å². The van der Waals surface area contributed by atoms with Gasteiger partial charge >= 0.3 is 0 Å². The van der Waals surface area contributed by atoms with Crippen LogP contribution < -0.4 is 14.8 Å². The molecule has 6 nitrogen and oxygen atoms in total. The van der Waals surface area contributed by atoms with Crippen molar-refractivity contribution in [2.75, 3.05) is 19.5 Å². The van der Waals surface area contributed by atoms with Crippen LogP contribution in [0.1, 0.15) is 12.0 Å². The van der Waals surface area contributed by atoms with Gasteiger partial charge in [0.2, 0.25) is 6.10 Å². The van der Waals surface area contributed by atoms with Gasteiger partial charge in [-0.2, -0.15) is 0 Å². The first-order valence-electron chi connectivity index (χ1n) is 7.52. The van der Waals surface area contributed by atoms with E-state index in [0.717, 1.165) is 11.3 Å². The van der Waals surface area contributed by atoms with Gasteiger partial charge in [0.1, 0.15) is 0 Å². The number of nitrogens with one attached hydrogen (secondary N) is 1. The minimum atomic E-state index is -0.645. The lowest BCUT2D eigenvalue weighted by Crippen LogP contribution is -2.28. The first-order valence-corrected chi connectivity index (χ1v) is 7.52. The minimum absolute atomic E-state index is 0.253. The lowest BCUT2D eigenvalue weighted by atomic mass is 10.0. The van der Waals surface area contributed by atoms with E-state index in [1.807, 2.05) is 30.3 Å². The molecule has 0 bridgehead atoms. The molecule has 1 aliphatic heterocycles. The van der Waals surface area contributed by atoms with Crippen molar-refractivity contribution in [1.82, 2.24) is 0 Å². The summed E-state index contributed by atoms with van der Waals surface area (Å²) in [6, 6.07) is 14.8. The second kappa shape index (κ2) is 7.04. The number of methoxy groups -OCH3 is 2. The Kier molecular flexibility index (Phi) is 4.65. The molecule has 0 unspecified atom stereocenters. The Hall–Kier alpha value is -3.02. The van der Waals surface area contributed by atoms with Gasteiger partial charge in [-0.25, -0.2) is 0 Å². The number of anilines is 1. The van der Waals surface area contributed by atoms with Gasteiger partial charge in [0.15, 0.2) is 11.5 Å². The van der Waals surface area contributed by atoms with Crippen LogP contribution in [0.2, 0.25) is 0 Å². The Labute approximate surface area is 140 Å². The summed E-state index contributed by atoms with van der Waals surface area (Å²) in [5.74, 6) is 0.892. The van der Waals surface area contributed by atoms with Gasteiger partial charge in [0.05, 0.1) is 19.9 Å². The Bertz CT molecular complexity index is 759. The second-order valence-corrected chi connectivity index (χ2v) is 5.26. The highest BCUT2D eigenvalue weighted by Crippen LogP contribution is 2.30. The van der Waals surface area contributed by atoms with E-state index in [-0.39, 0.29) is 5.91 Å². The molecule has 6 heteroatoms. The van der Waals surface area contributed by atoms with E-state index in [2.05, 4.69) is 10.5 Å². The number of carbonyl (C=O) groups is 1. The normalized spacial score (nSPS) is 16.1. The highest BCUT2D eigenvalue weighted by molar-refractivity contribution is 6.06. The molecule has 2 aromatic rings. The van der Waals surface area contributed by atoms with Crippen molar-refractivity contribution in [1.29, 1.82) is 0 Å². The molecular formula is C18H18N2O4. The predicted molar refractivity (Wildman–Crippen MR) is 90.6 cm³/mol. The number of amides is 1. The molecule has 1 amide bonds. The number of nitrogens with zero attached hydrogens (tertiary/aromatic N) is 1. The monoisotopic (exact) mass is 326 g/mol. The summed E-state index contributed by atoms with van der Waals surface area (Å²) < 4.78 is 10.4. The lowest BCUT2D eigenvalue weighted by molar-refractivity contribution is -0.125. The first kappa shape index (κ1) is 15.9. The Morgan fingerprint density at radius 3 is 2.58 bits per heavy atom. The quantitative estimate of drug-likeness (QED) is 0.917. The zero-order valence-corrected chi connectivity index (χ0v) is 13.5. The van der Waals surface area contributed by atoms with Crippen molar-refractivity contribution >= 4 is 17.3 Å². The first-order chi connectivity index (χ1) is 11.7. The average molecular weight is 326 g/mol. The highest BCUT2D eigenvalue weighted by Gasteiger charge is 2.29. The van der Waals surface area contributed by atoms with Crippen molar-refractivity contribution in [2.24, 2.45) is 5.16 Å². The zero-order valence-electron chi connectivity index (χ0n) is 13.5. The molecule has 1 atom stereocenters. The smallest absolute Gasteiger partial charge is 0.268 e. The van der Waals surface area contributed by atoms with Crippen LogP contribution in [0.15, 0.2) is 53.7 Å². The zero-order chi connectivity index (χ0) is 16.9. The van der Waals surface area contributed by atoms with Crippen LogP contribution in [0.4, 0.5) is 5.69 Å². The molecule has 24 heavy (non-hydrogen) atoms. The molecule has 1 aliphatic rings. The third kappa shape index (κ3) is 3.32. The Balaban J connectivity index is 1.65. The lowest BCUT2D eigenvalue weighted by Gasteiger charge is -2.12. The summed E-state index contributed by atoms with van der Waals surface area (Å²) in [5.41, 5.74) is 2.33. The fourth-order valence-electron chi connectivity index (χ4n) is 2.46. The molecule has 1 N–H and O–H groups in total. The summed E-state index contributed by atoms with van der Waals surface area (Å²) in [5, 5.41) is 6.83. The largest absolute Gasteiger partial charge is 0.493 e. The summed E-state index contributed by atoms with van der Waals surface area (Å²) >= 11 is 0. The maximum atomic E-state index is 12.4. The second-order valence-electron chi connectivity index (χ2n) is 5.26. The molecule has 0 fully saturated rings. The van der Waals surface area contributed by atoms with Crippen LogP contribution in [0.5, 0.6) is 11.5 Å². The number of hydrogen-bond donors (Lipinski definition) is 1. The van der Waals surface area contributed by atoms with Crippen LogP contribution in [0, 0.1) is 0 Å². The Morgan fingerprint density at radius 1 is 1.12 bits per heavy atom. The third-order valence-corrected chi connectivity index (χ3v) is 3.72. The minimum Gasteiger partial charge on any atom is -0.493 e. The van der Waals surface area contributed by atoms with E-state index >= 15 is 0 Å². The fourth-order valence-corrected chi connectivity index (χ4v) is 2.46. The van der Waals surface area contributed by atoms with Gasteiger partial charge in [-0.05, 0) is 17.7 Å². The van der Waals surface area contributed by atoms with Crippen LogP contribution in [-0.4, -0.2) is 31.9 Å². The van der Waals surface area contributed by atoms with E-state index in [4.69, 9.17) is 14.3 Å². The van der Waals surface area contributed by atoms with Crippen LogP contribution in [0.3, 0.4) is 0 Å². The number of benzene rings is 2. The van der Waals surface area contributed by atoms with Crippen molar-refractivity contribution in [2.45, 2.75) is 12.5 Å². The van der Waals surface area contributed by atoms with E-state index in [1.54, 1.807) is 32.4 Å². The Morgan fingerprint density at radius 2 is 1.88 bits per heavy atom. The van der Waals surface area contributed by atoms with Crippen molar-refractivity contribution < 1.29 is 19.1 Å². The summed E-state index contributed by atoms with van der Waals surface area (Å²) in [4.78, 5) is 17.6. The maximum Gasteiger partial charge on any atom is 0.268 e. The van der Waals surface area contributed by atoms with E-state index < -0.39 is 6.10 Å². The summed E-state index contributed by atoms with van der Waals surface area (Å²) in [7, 11) is 3.11. The van der Waals surface area contributed by atoms with Gasteiger partial charge in [0, 0.05) is 18.2 Å². The SMILES string of the molecule is COc1ccc(NC(=O)[C@H]2CC(c3ccccc3)=NO2)cc1OC. The molecule has 0 aromatic heterocycles. The molecule has 1 heterocycles. The van der Waals surface area contributed by atoms with Crippen LogP contribution in [0.25, 0.3) is 0 Å².